The highest BCUT2D eigenvalue weighted by Crippen LogP contribution is 2.66. The van der Waals surface area contributed by atoms with E-state index >= 15 is 0 Å². The van der Waals surface area contributed by atoms with Crippen LogP contribution >= 0.6 is 23.5 Å². The summed E-state index contributed by atoms with van der Waals surface area (Å²) < 4.78 is 53.3. The number of phosphoric ester groups is 1. The molecule has 0 aliphatic carbocycles. The number of aromatic nitrogens is 4. The number of nitrogen functional groups attached to an aromatic ring is 1. The molecule has 1 fully saturated rings. The summed E-state index contributed by atoms with van der Waals surface area (Å²) in [5.41, 5.74) is 10.2. The van der Waals surface area contributed by atoms with E-state index < -0.39 is 53.5 Å². The van der Waals surface area contributed by atoms with Crippen molar-refractivity contribution < 1.29 is 56.3 Å². The lowest BCUT2D eigenvalue weighted by molar-refractivity contribution is -0.0733. The Morgan fingerprint density at radius 1 is 1.24 bits per heavy atom. The standard InChI is InChI=1S/C13H19N6O12P3/c1-3-13(15)9(20)8(6(2)29-33(24,25)31-34(26,27)30-32(21,22)23)28-11(13)19-5-17-7-4-16-12(14)18-10(7)19/h1,4-6,8-9,11,20H,15H2,2H3,(H,24,25)(H,26,27)(H2,14,16,18)(H2,21,22,23)/t6-,8-,9+,11-,13?/m1/s1. The third kappa shape index (κ3) is 5.54. The zero-order chi connectivity index (χ0) is 25.7. The van der Waals surface area contributed by atoms with Crippen LogP contribution in [-0.2, 0) is 31.6 Å². The molecular formula is C13H19N6O12P3. The largest absolute Gasteiger partial charge is 0.490 e. The van der Waals surface area contributed by atoms with Gasteiger partial charge in [-0.05, 0) is 6.92 Å². The third-order valence-electron chi connectivity index (χ3n) is 4.51. The van der Waals surface area contributed by atoms with Gasteiger partial charge in [0.2, 0.25) is 5.95 Å². The SMILES string of the molecule is C#CC1(N)[C@@H](O)[C@@H]([C@@H](C)OP(=O)(O)OP(=O)(O)OP(=O)(O)O)O[C@H]1n1cnc2cnc(N)nc21. The summed E-state index contributed by atoms with van der Waals surface area (Å²) in [5.74, 6) is 2.07. The molecule has 188 valence electrons. The van der Waals surface area contributed by atoms with Crippen molar-refractivity contribution in [3.8, 4) is 12.3 Å². The number of aliphatic hydroxyl groups is 1. The Hall–Kier alpha value is -1.80. The molecule has 18 nitrogen and oxygen atoms in total. The molecule has 1 aliphatic heterocycles. The molecule has 0 radical (unpaired) electrons. The molecule has 34 heavy (non-hydrogen) atoms. The number of fused-ring (bicyclic) bond motifs is 1. The van der Waals surface area contributed by atoms with Gasteiger partial charge in [-0.3, -0.25) is 9.09 Å². The first-order valence-electron chi connectivity index (χ1n) is 8.85. The Bertz CT molecular complexity index is 1280. The van der Waals surface area contributed by atoms with Crippen LogP contribution in [0.4, 0.5) is 5.95 Å². The van der Waals surface area contributed by atoms with E-state index in [2.05, 4.69) is 29.5 Å². The molecule has 0 aromatic carbocycles. The molecule has 0 spiro atoms. The van der Waals surface area contributed by atoms with Crippen molar-refractivity contribution in [1.82, 2.24) is 19.5 Å². The highest BCUT2D eigenvalue weighted by Gasteiger charge is 2.57. The van der Waals surface area contributed by atoms with Gasteiger partial charge in [0, 0.05) is 0 Å². The lowest BCUT2D eigenvalue weighted by Gasteiger charge is -2.28. The summed E-state index contributed by atoms with van der Waals surface area (Å²) in [5, 5.41) is 10.7. The minimum absolute atomic E-state index is 0.117. The fourth-order valence-electron chi connectivity index (χ4n) is 3.15. The van der Waals surface area contributed by atoms with Crippen LogP contribution in [0, 0.1) is 12.3 Å². The Labute approximate surface area is 190 Å². The predicted molar refractivity (Wildman–Crippen MR) is 110 cm³/mol. The normalized spacial score (nSPS) is 29.9. The fourth-order valence-corrected chi connectivity index (χ4v) is 6.35. The van der Waals surface area contributed by atoms with E-state index in [1.807, 2.05) is 0 Å². The summed E-state index contributed by atoms with van der Waals surface area (Å²) in [6, 6.07) is 0. The number of aliphatic hydroxyl groups excluding tert-OH is 1. The van der Waals surface area contributed by atoms with Gasteiger partial charge in [0.25, 0.3) is 0 Å². The van der Waals surface area contributed by atoms with Gasteiger partial charge in [-0.2, -0.15) is 13.6 Å². The molecule has 9 N–H and O–H groups in total. The van der Waals surface area contributed by atoms with E-state index in [-0.39, 0.29) is 17.1 Å². The zero-order valence-corrected chi connectivity index (χ0v) is 19.6. The van der Waals surface area contributed by atoms with Gasteiger partial charge in [-0.15, -0.1) is 6.42 Å². The van der Waals surface area contributed by atoms with Gasteiger partial charge in [-0.25, -0.2) is 23.7 Å². The highest BCUT2D eigenvalue weighted by atomic mass is 31.3. The average molecular weight is 544 g/mol. The molecule has 7 atom stereocenters. The number of nitrogens with two attached hydrogens (primary N) is 2. The summed E-state index contributed by atoms with van der Waals surface area (Å²) in [7, 11) is -16.9. The summed E-state index contributed by atoms with van der Waals surface area (Å²) >= 11 is 0. The maximum Gasteiger partial charge on any atom is 0.490 e. The molecule has 3 unspecified atom stereocenters. The molecule has 3 heterocycles. The number of nitrogens with zero attached hydrogens (tertiary/aromatic N) is 4. The van der Waals surface area contributed by atoms with Crippen LogP contribution in [-0.4, -0.2) is 68.1 Å². The van der Waals surface area contributed by atoms with E-state index in [0.717, 1.165) is 6.92 Å². The van der Waals surface area contributed by atoms with Crippen molar-refractivity contribution in [2.45, 2.75) is 37.0 Å². The van der Waals surface area contributed by atoms with Crippen molar-refractivity contribution in [1.29, 1.82) is 0 Å². The summed E-state index contributed by atoms with van der Waals surface area (Å²) in [4.78, 5) is 48.1. The second-order valence-electron chi connectivity index (χ2n) is 6.97. The van der Waals surface area contributed by atoms with Crippen molar-refractivity contribution in [2.24, 2.45) is 5.73 Å². The second-order valence-corrected chi connectivity index (χ2v) is 11.3. The van der Waals surface area contributed by atoms with Crippen LogP contribution in [0.25, 0.3) is 11.2 Å². The number of phosphoric acid groups is 3. The Morgan fingerprint density at radius 3 is 2.47 bits per heavy atom. The van der Waals surface area contributed by atoms with Gasteiger partial charge in [-0.1, -0.05) is 5.92 Å². The fraction of sp³-hybridized carbons (Fsp3) is 0.462. The average Bonchev–Trinajstić information content (AvgIpc) is 3.17. The first-order valence-corrected chi connectivity index (χ1v) is 13.4. The zero-order valence-electron chi connectivity index (χ0n) is 16.9. The summed E-state index contributed by atoms with van der Waals surface area (Å²) in [6.07, 6.45) is 1.82. The second kappa shape index (κ2) is 9.01. The smallest absolute Gasteiger partial charge is 0.387 e. The van der Waals surface area contributed by atoms with E-state index in [9.17, 15) is 28.6 Å². The van der Waals surface area contributed by atoms with Crippen LogP contribution in [0.2, 0.25) is 0 Å². The van der Waals surface area contributed by atoms with Gasteiger partial charge in [0.15, 0.2) is 17.4 Å². The van der Waals surface area contributed by atoms with Gasteiger partial charge < -0.3 is 40.9 Å². The molecule has 2 aromatic heterocycles. The number of anilines is 1. The minimum Gasteiger partial charge on any atom is -0.387 e. The van der Waals surface area contributed by atoms with Crippen LogP contribution in [0.3, 0.4) is 0 Å². The van der Waals surface area contributed by atoms with Crippen LogP contribution in [0.1, 0.15) is 13.2 Å². The van der Waals surface area contributed by atoms with Crippen LogP contribution in [0.15, 0.2) is 12.5 Å². The lowest BCUT2D eigenvalue weighted by atomic mass is 9.90. The number of ether oxygens (including phenoxy) is 1. The number of hydrogen-bond acceptors (Lipinski definition) is 13. The van der Waals surface area contributed by atoms with E-state index in [4.69, 9.17) is 36.9 Å². The number of terminal acetylenes is 1. The number of hydrogen-bond donors (Lipinski definition) is 7. The minimum atomic E-state index is -5.75. The monoisotopic (exact) mass is 544 g/mol. The van der Waals surface area contributed by atoms with Gasteiger partial charge >= 0.3 is 23.5 Å². The van der Waals surface area contributed by atoms with Crippen molar-refractivity contribution in [3.05, 3.63) is 12.5 Å². The molecular weight excluding hydrogens is 525 g/mol. The Balaban J connectivity index is 1.85. The first kappa shape index (κ1) is 26.8. The van der Waals surface area contributed by atoms with Gasteiger partial charge in [0.05, 0.1) is 18.6 Å². The Morgan fingerprint density at radius 2 is 1.88 bits per heavy atom. The van der Waals surface area contributed by atoms with Crippen LogP contribution < -0.4 is 11.5 Å². The third-order valence-corrected chi connectivity index (χ3v) is 8.44. The molecule has 0 saturated carbocycles. The maximum atomic E-state index is 12.1. The molecule has 1 saturated heterocycles. The molecule has 1 aliphatic rings. The van der Waals surface area contributed by atoms with Gasteiger partial charge in [0.1, 0.15) is 17.7 Å². The predicted octanol–water partition coefficient (Wildman–Crippen LogP) is -1.27. The number of rotatable bonds is 8. The quantitative estimate of drug-likeness (QED) is 0.151. The number of imidazole rings is 1. The van der Waals surface area contributed by atoms with E-state index in [1.54, 1.807) is 0 Å². The Kier molecular flexibility index (Phi) is 7.10. The topological polar surface area (TPSA) is 285 Å². The van der Waals surface area contributed by atoms with E-state index in [0.29, 0.717) is 0 Å². The van der Waals surface area contributed by atoms with Crippen molar-refractivity contribution >= 4 is 40.6 Å². The summed E-state index contributed by atoms with van der Waals surface area (Å²) in [6.45, 7) is 1.09. The highest BCUT2D eigenvalue weighted by molar-refractivity contribution is 7.66. The van der Waals surface area contributed by atoms with Crippen LogP contribution in [0.5, 0.6) is 0 Å². The molecule has 2 aromatic rings. The molecule has 0 bridgehead atoms. The lowest BCUT2D eigenvalue weighted by Crippen LogP contribution is -2.54. The first-order chi connectivity index (χ1) is 15.5. The molecule has 21 heteroatoms. The molecule has 0 amide bonds. The molecule has 3 rings (SSSR count). The maximum absolute atomic E-state index is 12.1. The van der Waals surface area contributed by atoms with E-state index in [1.165, 1.54) is 17.1 Å². The van der Waals surface area contributed by atoms with Crippen molar-refractivity contribution in [2.75, 3.05) is 5.73 Å². The van der Waals surface area contributed by atoms with Crippen molar-refractivity contribution in [3.63, 3.8) is 0 Å².